The monoisotopic (exact) mass is 401 g/mol. The van der Waals surface area contributed by atoms with Crippen LogP contribution in [0.3, 0.4) is 0 Å². The number of rotatable bonds is 3. The van der Waals surface area contributed by atoms with Crippen LogP contribution < -0.4 is 5.32 Å². The lowest BCUT2D eigenvalue weighted by atomic mass is 10.0. The molecule has 1 N–H and O–H groups in total. The summed E-state index contributed by atoms with van der Waals surface area (Å²) in [6.45, 7) is 2.37. The second-order valence-electron chi connectivity index (χ2n) is 7.60. The summed E-state index contributed by atoms with van der Waals surface area (Å²) in [6.07, 6.45) is 2.42. The van der Waals surface area contributed by atoms with Gasteiger partial charge in [-0.3, -0.25) is 19.7 Å². The van der Waals surface area contributed by atoms with Crippen molar-refractivity contribution in [3.63, 3.8) is 0 Å². The van der Waals surface area contributed by atoms with Gasteiger partial charge < -0.3 is 4.90 Å². The number of hydrogen-bond acceptors (Lipinski definition) is 5. The molecule has 0 bridgehead atoms. The van der Waals surface area contributed by atoms with Crippen molar-refractivity contribution in [3.05, 3.63) is 65.4 Å². The van der Waals surface area contributed by atoms with E-state index in [1.54, 1.807) is 10.7 Å². The van der Waals surface area contributed by atoms with E-state index >= 15 is 0 Å². The van der Waals surface area contributed by atoms with Gasteiger partial charge in [-0.1, -0.05) is 35.5 Å². The van der Waals surface area contributed by atoms with Crippen LogP contribution in [0.25, 0.3) is 16.9 Å². The van der Waals surface area contributed by atoms with Gasteiger partial charge in [-0.15, -0.1) is 5.10 Å². The first-order chi connectivity index (χ1) is 14.5. The second-order valence-corrected chi connectivity index (χ2v) is 7.60. The molecule has 5 rings (SSSR count). The van der Waals surface area contributed by atoms with Crippen LogP contribution in [0.2, 0.25) is 0 Å². The third-order valence-electron chi connectivity index (χ3n) is 5.69. The Hall–Kier alpha value is -3.81. The number of fused-ring (bicyclic) bond motifs is 1. The SMILES string of the molecule is Cc1ccccc1-c1cn(-c2ccc3c(c2)C(=O)N(C2CCC(=O)NC2=O)C3)nn1. The highest BCUT2D eigenvalue weighted by atomic mass is 16.2. The molecule has 30 heavy (non-hydrogen) atoms. The molecule has 3 heterocycles. The molecule has 2 aliphatic rings. The Balaban J connectivity index is 1.43. The highest BCUT2D eigenvalue weighted by Gasteiger charge is 2.39. The van der Waals surface area contributed by atoms with Crippen molar-refractivity contribution < 1.29 is 14.4 Å². The van der Waals surface area contributed by atoms with Gasteiger partial charge >= 0.3 is 0 Å². The molecule has 8 heteroatoms. The first-order valence-electron chi connectivity index (χ1n) is 9.77. The molecule has 0 aliphatic carbocycles. The fourth-order valence-electron chi connectivity index (χ4n) is 4.06. The lowest BCUT2D eigenvalue weighted by molar-refractivity contribution is -0.136. The minimum absolute atomic E-state index is 0.208. The summed E-state index contributed by atoms with van der Waals surface area (Å²) < 4.78 is 1.64. The van der Waals surface area contributed by atoms with Gasteiger partial charge in [-0.05, 0) is 36.6 Å². The molecule has 150 valence electrons. The predicted molar refractivity (Wildman–Crippen MR) is 108 cm³/mol. The highest BCUT2D eigenvalue weighted by molar-refractivity contribution is 6.05. The van der Waals surface area contributed by atoms with E-state index < -0.39 is 11.9 Å². The summed E-state index contributed by atoms with van der Waals surface area (Å²) in [4.78, 5) is 38.1. The molecular weight excluding hydrogens is 382 g/mol. The molecule has 1 atom stereocenters. The molecule has 1 saturated heterocycles. The van der Waals surface area contributed by atoms with E-state index in [-0.39, 0.29) is 18.2 Å². The molecule has 8 nitrogen and oxygen atoms in total. The number of benzene rings is 2. The molecule has 1 unspecified atom stereocenters. The molecule has 3 amide bonds. The average Bonchev–Trinajstić information content (AvgIpc) is 3.34. The standard InChI is InChI=1S/C22H19N5O3/c1-13-4-2-3-5-16(13)18-12-27(25-24-18)15-7-6-14-11-26(22(30)17(14)10-15)19-8-9-20(28)23-21(19)29/h2-7,10,12,19H,8-9,11H2,1H3,(H,23,28,29). The van der Waals surface area contributed by atoms with Crippen molar-refractivity contribution in [2.75, 3.05) is 0 Å². The Morgan fingerprint density at radius 1 is 1.07 bits per heavy atom. The number of nitrogens with zero attached hydrogens (tertiary/aromatic N) is 4. The van der Waals surface area contributed by atoms with Crippen LogP contribution in [-0.2, 0) is 16.1 Å². The third kappa shape index (κ3) is 2.97. The van der Waals surface area contributed by atoms with Gasteiger partial charge in [-0.2, -0.15) is 0 Å². The zero-order valence-electron chi connectivity index (χ0n) is 16.3. The summed E-state index contributed by atoms with van der Waals surface area (Å²) >= 11 is 0. The molecule has 0 spiro atoms. The lowest BCUT2D eigenvalue weighted by Gasteiger charge is -2.29. The molecule has 0 radical (unpaired) electrons. The maximum Gasteiger partial charge on any atom is 0.255 e. The number of piperidine rings is 1. The summed E-state index contributed by atoms with van der Waals surface area (Å²) in [5.74, 6) is -0.911. The number of amides is 3. The quantitative estimate of drug-likeness (QED) is 0.677. The van der Waals surface area contributed by atoms with Crippen molar-refractivity contribution in [3.8, 4) is 16.9 Å². The minimum Gasteiger partial charge on any atom is -0.322 e. The molecule has 2 aromatic carbocycles. The summed E-state index contributed by atoms with van der Waals surface area (Å²) in [5, 5.41) is 10.8. The van der Waals surface area contributed by atoms with Crippen LogP contribution in [0.5, 0.6) is 0 Å². The van der Waals surface area contributed by atoms with Crippen LogP contribution >= 0.6 is 0 Å². The van der Waals surface area contributed by atoms with Crippen molar-refractivity contribution in [1.82, 2.24) is 25.2 Å². The third-order valence-corrected chi connectivity index (χ3v) is 5.69. The molecule has 1 fully saturated rings. The number of carbonyl (C=O) groups excluding carboxylic acids is 3. The summed E-state index contributed by atoms with van der Waals surface area (Å²) in [7, 11) is 0. The van der Waals surface area contributed by atoms with Gasteiger partial charge in [-0.25, -0.2) is 4.68 Å². The van der Waals surface area contributed by atoms with Crippen molar-refractivity contribution in [2.24, 2.45) is 0 Å². The summed E-state index contributed by atoms with van der Waals surface area (Å²) in [6, 6.07) is 12.9. The normalized spacial score (nSPS) is 18.5. The van der Waals surface area contributed by atoms with Crippen LogP contribution in [0.1, 0.15) is 34.3 Å². The average molecular weight is 401 g/mol. The fourth-order valence-corrected chi connectivity index (χ4v) is 4.06. The fraction of sp³-hybridized carbons (Fsp3) is 0.227. The number of carbonyl (C=O) groups is 3. The number of hydrogen-bond donors (Lipinski definition) is 1. The number of imide groups is 1. The minimum atomic E-state index is -0.620. The molecule has 0 saturated carbocycles. The van der Waals surface area contributed by atoms with Crippen LogP contribution in [-0.4, -0.2) is 43.7 Å². The highest BCUT2D eigenvalue weighted by Crippen LogP contribution is 2.29. The van der Waals surface area contributed by atoms with E-state index in [9.17, 15) is 14.4 Å². The van der Waals surface area contributed by atoms with Crippen molar-refractivity contribution >= 4 is 17.7 Å². The van der Waals surface area contributed by atoms with Crippen LogP contribution in [0.4, 0.5) is 0 Å². The summed E-state index contributed by atoms with van der Waals surface area (Å²) in [5.41, 5.74) is 4.99. The molecule has 2 aliphatic heterocycles. The lowest BCUT2D eigenvalue weighted by Crippen LogP contribution is -2.52. The first kappa shape index (κ1) is 18.2. The Labute approximate surface area is 172 Å². The Bertz CT molecular complexity index is 1200. The maximum absolute atomic E-state index is 13.0. The Morgan fingerprint density at radius 2 is 1.90 bits per heavy atom. The van der Waals surface area contributed by atoms with E-state index in [2.05, 4.69) is 15.6 Å². The molecule has 1 aromatic heterocycles. The van der Waals surface area contributed by atoms with Gasteiger partial charge in [0, 0.05) is 24.1 Å². The van der Waals surface area contributed by atoms with Gasteiger partial charge in [0.1, 0.15) is 11.7 Å². The number of nitrogens with one attached hydrogen (secondary N) is 1. The van der Waals surface area contributed by atoms with Gasteiger partial charge in [0.15, 0.2) is 0 Å². The number of aromatic nitrogens is 3. The van der Waals surface area contributed by atoms with Crippen molar-refractivity contribution in [1.29, 1.82) is 0 Å². The van der Waals surface area contributed by atoms with E-state index in [1.807, 2.05) is 49.5 Å². The topological polar surface area (TPSA) is 97.2 Å². The van der Waals surface area contributed by atoms with Crippen molar-refractivity contribution in [2.45, 2.75) is 32.4 Å². The smallest absolute Gasteiger partial charge is 0.255 e. The second kappa shape index (κ2) is 6.91. The van der Waals surface area contributed by atoms with E-state index in [0.717, 1.165) is 28.1 Å². The molecule has 3 aromatic rings. The zero-order chi connectivity index (χ0) is 20.8. The number of aryl methyl sites for hydroxylation is 1. The van der Waals surface area contributed by atoms with E-state index in [1.165, 1.54) is 4.90 Å². The van der Waals surface area contributed by atoms with Gasteiger partial charge in [0.05, 0.1) is 11.9 Å². The predicted octanol–water partition coefficient (Wildman–Crippen LogP) is 2.00. The van der Waals surface area contributed by atoms with Crippen LogP contribution in [0, 0.1) is 6.92 Å². The van der Waals surface area contributed by atoms with Gasteiger partial charge in [0.2, 0.25) is 11.8 Å². The zero-order valence-corrected chi connectivity index (χ0v) is 16.3. The molecular formula is C22H19N5O3. The Morgan fingerprint density at radius 3 is 2.70 bits per heavy atom. The maximum atomic E-state index is 13.0. The Kier molecular flexibility index (Phi) is 4.20. The largest absolute Gasteiger partial charge is 0.322 e. The first-order valence-corrected chi connectivity index (χ1v) is 9.77. The van der Waals surface area contributed by atoms with Crippen LogP contribution in [0.15, 0.2) is 48.7 Å². The van der Waals surface area contributed by atoms with E-state index in [4.69, 9.17) is 0 Å². The van der Waals surface area contributed by atoms with Gasteiger partial charge in [0.25, 0.3) is 5.91 Å². The van der Waals surface area contributed by atoms with E-state index in [0.29, 0.717) is 18.5 Å².